The Balaban J connectivity index is 1.09. The number of hydrogen-bond acceptors (Lipinski definition) is 11. The van der Waals surface area contributed by atoms with Gasteiger partial charge in [-0.1, -0.05) is 128 Å². The van der Waals surface area contributed by atoms with Crippen molar-refractivity contribution in [1.29, 1.82) is 0 Å². The van der Waals surface area contributed by atoms with Crippen molar-refractivity contribution in [2.75, 3.05) is 24.2 Å². The molecule has 0 aliphatic rings. The van der Waals surface area contributed by atoms with Crippen molar-refractivity contribution in [3.8, 4) is 5.75 Å². The molecule has 404 valence electrons. The molecule has 0 heterocycles. The Morgan fingerprint density at radius 3 is 1.53 bits per heavy atom. The number of alkyl carbamates (subject to hydrolysis) is 2. The minimum absolute atomic E-state index is 0.0150. The lowest BCUT2D eigenvalue weighted by atomic mass is 9.84. The van der Waals surface area contributed by atoms with Crippen molar-refractivity contribution >= 4 is 59.4 Å². The summed E-state index contributed by atoms with van der Waals surface area (Å²) in [6.45, 7) is 10.4. The SMILES string of the molecule is CC(C)(C)OC(=O)N[C@@H](CCNC(=O)Oc1ccc(C[C@H](NC(=O)OC(C)(C)C)C(=O)Nc2ccccc2)cc1)C(=O)NCCCCCC(=O)N[C@@H](CSC(c1ccccc1)(c1ccccc1)c1ccccc1)C(N)=O. The smallest absolute Gasteiger partial charge is 0.412 e. The molecule has 0 saturated heterocycles. The fraction of sp³-hybridized carbons (Fsp3) is 0.362. The molecule has 76 heavy (non-hydrogen) atoms. The summed E-state index contributed by atoms with van der Waals surface area (Å²) in [5.74, 6) is -1.56. The van der Waals surface area contributed by atoms with Crippen LogP contribution in [0, 0.1) is 0 Å². The van der Waals surface area contributed by atoms with Gasteiger partial charge in [-0.05, 0) is 107 Å². The first-order valence-electron chi connectivity index (χ1n) is 25.3. The number of nitrogens with one attached hydrogen (secondary N) is 6. The van der Waals surface area contributed by atoms with Crippen LogP contribution in [0.5, 0.6) is 5.75 Å². The summed E-state index contributed by atoms with van der Waals surface area (Å²) in [5.41, 5.74) is 8.49. The van der Waals surface area contributed by atoms with Gasteiger partial charge in [0.1, 0.15) is 35.1 Å². The molecule has 18 heteroatoms. The van der Waals surface area contributed by atoms with Gasteiger partial charge in [0.25, 0.3) is 0 Å². The van der Waals surface area contributed by atoms with Gasteiger partial charge in [-0.2, -0.15) is 0 Å². The number of benzene rings is 5. The average Bonchev–Trinajstić information content (AvgIpc) is 3.37. The van der Waals surface area contributed by atoms with E-state index in [0.717, 1.165) is 16.7 Å². The van der Waals surface area contributed by atoms with Crippen LogP contribution in [0.15, 0.2) is 146 Å². The van der Waals surface area contributed by atoms with Gasteiger partial charge in [-0.25, -0.2) is 14.4 Å². The molecular formula is C58H71N7O10S. The van der Waals surface area contributed by atoms with E-state index in [1.807, 2.05) is 60.7 Å². The molecule has 3 atom stereocenters. The fourth-order valence-electron chi connectivity index (χ4n) is 7.88. The summed E-state index contributed by atoms with van der Waals surface area (Å²) < 4.78 is 15.5. The van der Waals surface area contributed by atoms with Crippen molar-refractivity contribution in [1.82, 2.24) is 26.6 Å². The summed E-state index contributed by atoms with van der Waals surface area (Å²) in [4.78, 5) is 91.1. The number of para-hydroxylation sites is 1. The normalized spacial score (nSPS) is 12.6. The van der Waals surface area contributed by atoms with Crippen molar-refractivity contribution < 1.29 is 47.8 Å². The number of amides is 7. The van der Waals surface area contributed by atoms with E-state index in [9.17, 15) is 33.6 Å². The molecule has 8 N–H and O–H groups in total. The molecule has 0 aliphatic heterocycles. The Bertz CT molecular complexity index is 2570. The molecule has 0 aromatic heterocycles. The standard InChI is InChI=1S/C58H71N7O10S/c1-56(2,3)74-54(71)64-46(35-37-61-53(70)73-45-33-31-40(32-34-45)38-47(65-55(72)75-57(4,5)6)52(69)62-44-28-18-10-19-29-44)51(68)60-36-21-11-20-30-49(66)63-48(50(59)67)39-76-58(41-22-12-7-13-23-41,42-24-14-8-15-25-42)43-26-16-9-17-27-43/h7-10,12-19,22-29,31-34,46-48H,11,20-21,30,35-39H2,1-6H3,(H2,59,67)(H,60,68)(H,61,70)(H,62,69)(H,63,66)(H,64,71)(H,65,72)/t46-,47-,48-/m0/s1. The molecule has 0 spiro atoms. The monoisotopic (exact) mass is 1060 g/mol. The van der Waals surface area contributed by atoms with Crippen LogP contribution in [0.4, 0.5) is 20.1 Å². The van der Waals surface area contributed by atoms with Gasteiger partial charge in [0, 0.05) is 37.4 Å². The highest BCUT2D eigenvalue weighted by Crippen LogP contribution is 2.48. The minimum Gasteiger partial charge on any atom is -0.444 e. The van der Waals surface area contributed by atoms with Crippen LogP contribution in [0.1, 0.15) is 95.9 Å². The van der Waals surface area contributed by atoms with E-state index >= 15 is 0 Å². The van der Waals surface area contributed by atoms with E-state index in [1.54, 1.807) is 77.9 Å². The molecule has 0 saturated carbocycles. The van der Waals surface area contributed by atoms with Gasteiger partial charge in [0.15, 0.2) is 0 Å². The number of ether oxygens (including phenoxy) is 3. The van der Waals surface area contributed by atoms with Gasteiger partial charge in [-0.15, -0.1) is 11.8 Å². The molecule has 5 aromatic carbocycles. The zero-order valence-electron chi connectivity index (χ0n) is 44.0. The maximum atomic E-state index is 13.4. The predicted molar refractivity (Wildman–Crippen MR) is 294 cm³/mol. The Morgan fingerprint density at radius 1 is 0.526 bits per heavy atom. The number of primary amides is 1. The van der Waals surface area contributed by atoms with Crippen molar-refractivity contribution in [2.24, 2.45) is 5.73 Å². The van der Waals surface area contributed by atoms with Crippen LogP contribution < -0.4 is 42.4 Å². The van der Waals surface area contributed by atoms with E-state index in [0.29, 0.717) is 30.5 Å². The third-order valence-electron chi connectivity index (χ3n) is 11.4. The number of unbranched alkanes of at least 4 members (excludes halogenated alkanes) is 2. The summed E-state index contributed by atoms with van der Waals surface area (Å²) in [6, 6.07) is 42.2. The summed E-state index contributed by atoms with van der Waals surface area (Å²) in [6.07, 6.45) is -0.655. The fourth-order valence-corrected chi connectivity index (χ4v) is 9.45. The Morgan fingerprint density at radius 2 is 1.03 bits per heavy atom. The van der Waals surface area contributed by atoms with Crippen molar-refractivity contribution in [2.45, 2.75) is 114 Å². The zero-order chi connectivity index (χ0) is 55.1. The van der Waals surface area contributed by atoms with Crippen LogP contribution in [-0.2, 0) is 39.8 Å². The van der Waals surface area contributed by atoms with Gasteiger partial charge in [-0.3, -0.25) is 19.2 Å². The first-order chi connectivity index (χ1) is 36.2. The van der Waals surface area contributed by atoms with Gasteiger partial charge in [0.05, 0.1) is 4.75 Å². The number of carbonyl (C=O) groups is 7. The molecular weight excluding hydrogens is 987 g/mol. The van der Waals surface area contributed by atoms with Crippen molar-refractivity contribution in [3.63, 3.8) is 0 Å². The lowest BCUT2D eigenvalue weighted by Gasteiger charge is -2.36. The Kier molecular flexibility index (Phi) is 22.3. The molecule has 7 amide bonds. The molecule has 0 aliphatic carbocycles. The molecule has 0 bridgehead atoms. The second kappa shape index (κ2) is 28.7. The first-order valence-corrected chi connectivity index (χ1v) is 26.3. The maximum absolute atomic E-state index is 13.4. The number of carbonyl (C=O) groups excluding carboxylic acids is 7. The summed E-state index contributed by atoms with van der Waals surface area (Å²) in [5, 5.41) is 16.3. The summed E-state index contributed by atoms with van der Waals surface area (Å²) in [7, 11) is 0. The predicted octanol–water partition coefficient (Wildman–Crippen LogP) is 8.50. The number of rotatable bonds is 25. The Labute approximate surface area is 449 Å². The van der Waals surface area contributed by atoms with E-state index < -0.39 is 70.1 Å². The summed E-state index contributed by atoms with van der Waals surface area (Å²) >= 11 is 1.53. The van der Waals surface area contributed by atoms with Crippen molar-refractivity contribution in [3.05, 3.63) is 168 Å². The number of nitrogens with two attached hydrogens (primary N) is 1. The molecule has 0 radical (unpaired) electrons. The average molecular weight is 1060 g/mol. The lowest BCUT2D eigenvalue weighted by Crippen LogP contribution is -2.49. The minimum atomic E-state index is -1.09. The largest absolute Gasteiger partial charge is 0.444 e. The third-order valence-corrected chi connectivity index (χ3v) is 13.0. The number of hydrogen-bond donors (Lipinski definition) is 7. The van der Waals surface area contributed by atoms with Crippen LogP contribution >= 0.6 is 11.8 Å². The molecule has 0 fully saturated rings. The van der Waals surface area contributed by atoms with E-state index in [1.165, 1.54) is 23.9 Å². The zero-order valence-corrected chi connectivity index (χ0v) is 44.8. The second-order valence-corrected chi connectivity index (χ2v) is 21.2. The second-order valence-electron chi connectivity index (χ2n) is 19.9. The Hall–Kier alpha value is -7.86. The highest BCUT2D eigenvalue weighted by atomic mass is 32.2. The number of anilines is 1. The molecule has 5 aromatic rings. The van der Waals surface area contributed by atoms with E-state index in [2.05, 4.69) is 68.3 Å². The number of thioether (sulfide) groups is 1. The highest BCUT2D eigenvalue weighted by Gasteiger charge is 2.38. The van der Waals surface area contributed by atoms with E-state index in [4.69, 9.17) is 19.9 Å². The molecule has 5 rings (SSSR count). The quantitative estimate of drug-likeness (QED) is 0.0216. The van der Waals surface area contributed by atoms with Crippen LogP contribution in [0.25, 0.3) is 0 Å². The molecule has 0 unspecified atom stereocenters. The highest BCUT2D eigenvalue weighted by molar-refractivity contribution is 8.00. The third kappa shape index (κ3) is 19.8. The van der Waals surface area contributed by atoms with Gasteiger partial charge >= 0.3 is 18.3 Å². The maximum Gasteiger partial charge on any atom is 0.412 e. The lowest BCUT2D eigenvalue weighted by molar-refractivity contribution is -0.126. The van der Waals surface area contributed by atoms with Crippen LogP contribution in [0.2, 0.25) is 0 Å². The van der Waals surface area contributed by atoms with E-state index in [-0.39, 0.29) is 49.8 Å². The van der Waals surface area contributed by atoms with Gasteiger partial charge in [0.2, 0.25) is 23.6 Å². The molecule has 17 nitrogen and oxygen atoms in total. The topological polar surface area (TPSA) is 245 Å². The van der Waals surface area contributed by atoms with Gasteiger partial charge < -0.3 is 51.8 Å². The van der Waals surface area contributed by atoms with Crippen LogP contribution in [-0.4, -0.2) is 90.1 Å². The van der Waals surface area contributed by atoms with Crippen LogP contribution in [0.3, 0.4) is 0 Å². The first kappa shape index (κ1) is 59.0.